The lowest BCUT2D eigenvalue weighted by molar-refractivity contribution is 0.401. The lowest BCUT2D eigenvalue weighted by atomic mass is 10.0. The lowest BCUT2D eigenvalue weighted by Gasteiger charge is -2.19. The van der Waals surface area contributed by atoms with Gasteiger partial charge in [-0.1, -0.05) is 12.1 Å². The van der Waals surface area contributed by atoms with E-state index in [0.29, 0.717) is 0 Å². The molecule has 1 N–H and O–H groups in total. The highest BCUT2D eigenvalue weighted by Crippen LogP contribution is 2.29. The average Bonchev–Trinajstić information content (AvgIpc) is 2.85. The summed E-state index contributed by atoms with van der Waals surface area (Å²) in [6, 6.07) is 6.36. The van der Waals surface area contributed by atoms with Gasteiger partial charge in [0.2, 0.25) is 0 Å². The van der Waals surface area contributed by atoms with Gasteiger partial charge in [0.1, 0.15) is 11.5 Å². The van der Waals surface area contributed by atoms with Crippen LogP contribution in [0.25, 0.3) is 0 Å². The molecule has 1 atom stereocenters. The predicted octanol–water partition coefficient (Wildman–Crippen LogP) is 2.36. The molecule has 0 saturated carbocycles. The van der Waals surface area contributed by atoms with Crippen molar-refractivity contribution in [3.8, 4) is 5.75 Å². The topological polar surface area (TPSA) is 39.1 Å². The monoisotopic (exact) mass is 263 g/mol. The van der Waals surface area contributed by atoms with Crippen molar-refractivity contribution in [3.63, 3.8) is 0 Å². The van der Waals surface area contributed by atoms with E-state index in [2.05, 4.69) is 10.4 Å². The predicted molar refractivity (Wildman–Crippen MR) is 71.8 cm³/mol. The van der Waals surface area contributed by atoms with Crippen LogP contribution in [-0.4, -0.2) is 23.9 Å². The number of methoxy groups -OCH3 is 1. The molecule has 2 aromatic rings. The Balaban J connectivity index is 2.46. The molecule has 1 heterocycles. The molecule has 0 aliphatic carbocycles. The maximum Gasteiger partial charge on any atom is 0.161 e. The second-order valence-electron chi connectivity index (χ2n) is 4.19. The van der Waals surface area contributed by atoms with Gasteiger partial charge in [-0.05, 0) is 31.7 Å². The van der Waals surface area contributed by atoms with E-state index in [1.807, 2.05) is 18.7 Å². The Kier molecular flexibility index (Phi) is 4.16. The molecule has 0 amide bonds. The molecule has 0 saturated heterocycles. The summed E-state index contributed by atoms with van der Waals surface area (Å²) < 4.78 is 20.3. The normalized spacial score (nSPS) is 12.4. The van der Waals surface area contributed by atoms with E-state index in [-0.39, 0.29) is 11.9 Å². The molecule has 0 aliphatic rings. The van der Waals surface area contributed by atoms with Gasteiger partial charge < -0.3 is 10.1 Å². The van der Waals surface area contributed by atoms with E-state index in [0.717, 1.165) is 23.6 Å². The van der Waals surface area contributed by atoms with Gasteiger partial charge in [-0.2, -0.15) is 5.10 Å². The zero-order chi connectivity index (χ0) is 13.8. The fourth-order valence-electron chi connectivity index (χ4n) is 2.19. The maximum absolute atomic E-state index is 13.0. The molecule has 1 aromatic carbocycles. The quantitative estimate of drug-likeness (QED) is 0.900. The van der Waals surface area contributed by atoms with Gasteiger partial charge in [-0.25, -0.2) is 4.39 Å². The van der Waals surface area contributed by atoms with Gasteiger partial charge in [0, 0.05) is 6.54 Å². The highest BCUT2D eigenvalue weighted by atomic mass is 19.1. The van der Waals surface area contributed by atoms with E-state index in [4.69, 9.17) is 4.74 Å². The number of aryl methyl sites for hydroxylation is 1. The van der Waals surface area contributed by atoms with Crippen LogP contribution in [0.4, 0.5) is 4.39 Å². The van der Waals surface area contributed by atoms with Crippen LogP contribution in [0.2, 0.25) is 0 Å². The largest absolute Gasteiger partial charge is 0.493 e. The Morgan fingerprint density at radius 1 is 1.37 bits per heavy atom. The Bertz CT molecular complexity index is 515. The number of rotatable bonds is 5. The summed E-state index contributed by atoms with van der Waals surface area (Å²) in [5, 5.41) is 7.52. The Labute approximate surface area is 112 Å². The fourth-order valence-corrected chi connectivity index (χ4v) is 2.19. The van der Waals surface area contributed by atoms with Crippen molar-refractivity contribution in [2.75, 3.05) is 14.2 Å². The molecule has 0 aliphatic heterocycles. The minimum atomic E-state index is -0.241. The zero-order valence-corrected chi connectivity index (χ0v) is 11.4. The van der Waals surface area contributed by atoms with Gasteiger partial charge in [0.25, 0.3) is 0 Å². The number of halogens is 1. The van der Waals surface area contributed by atoms with Crippen LogP contribution >= 0.6 is 0 Å². The molecule has 1 unspecified atom stereocenters. The maximum atomic E-state index is 13.0. The Hall–Kier alpha value is -1.88. The molecule has 0 fully saturated rings. The van der Waals surface area contributed by atoms with Crippen molar-refractivity contribution in [3.05, 3.63) is 47.5 Å². The number of ether oxygens (including phenoxy) is 1. The van der Waals surface area contributed by atoms with Crippen LogP contribution in [-0.2, 0) is 6.54 Å². The summed E-state index contributed by atoms with van der Waals surface area (Å²) in [5.74, 6) is 0.486. The molecule has 0 bridgehead atoms. The fraction of sp³-hybridized carbons (Fsp3) is 0.357. The van der Waals surface area contributed by atoms with Crippen molar-refractivity contribution in [1.82, 2.24) is 15.1 Å². The van der Waals surface area contributed by atoms with Gasteiger partial charge >= 0.3 is 0 Å². The van der Waals surface area contributed by atoms with Gasteiger partial charge in [0.15, 0.2) is 5.75 Å². The molecule has 0 spiro atoms. The standard InChI is InChI=1S/C14H18FN3O/c1-4-18-14(12(19-3)9-17-18)13(16-2)10-5-7-11(15)8-6-10/h5-9,13,16H,4H2,1-3H3. The first-order chi connectivity index (χ1) is 9.21. The Morgan fingerprint density at radius 3 is 2.58 bits per heavy atom. The van der Waals surface area contributed by atoms with E-state index in [1.165, 1.54) is 12.1 Å². The average molecular weight is 263 g/mol. The van der Waals surface area contributed by atoms with Crippen molar-refractivity contribution < 1.29 is 9.13 Å². The highest BCUT2D eigenvalue weighted by Gasteiger charge is 2.21. The number of hydrogen-bond donors (Lipinski definition) is 1. The van der Waals surface area contributed by atoms with Crippen LogP contribution < -0.4 is 10.1 Å². The van der Waals surface area contributed by atoms with Gasteiger partial charge in [-0.3, -0.25) is 4.68 Å². The molecule has 1 aromatic heterocycles. The van der Waals surface area contributed by atoms with Gasteiger partial charge in [-0.15, -0.1) is 0 Å². The first kappa shape index (κ1) is 13.5. The summed E-state index contributed by atoms with van der Waals surface area (Å²) in [6.07, 6.45) is 1.70. The zero-order valence-electron chi connectivity index (χ0n) is 11.4. The van der Waals surface area contributed by atoms with E-state index < -0.39 is 0 Å². The van der Waals surface area contributed by atoms with Crippen LogP contribution in [0, 0.1) is 5.82 Å². The summed E-state index contributed by atoms with van der Waals surface area (Å²) in [4.78, 5) is 0. The minimum absolute atomic E-state index is 0.0852. The van der Waals surface area contributed by atoms with Crippen molar-refractivity contribution >= 4 is 0 Å². The molecule has 5 heteroatoms. The molecule has 102 valence electrons. The molecular weight excluding hydrogens is 245 g/mol. The van der Waals surface area contributed by atoms with Crippen molar-refractivity contribution in [2.45, 2.75) is 19.5 Å². The smallest absolute Gasteiger partial charge is 0.161 e. The summed E-state index contributed by atoms with van der Waals surface area (Å²) >= 11 is 0. The minimum Gasteiger partial charge on any atom is -0.493 e. The third kappa shape index (κ3) is 2.61. The molecule has 0 radical (unpaired) electrons. The summed E-state index contributed by atoms with van der Waals surface area (Å²) in [7, 11) is 3.48. The van der Waals surface area contributed by atoms with Crippen LogP contribution in [0.3, 0.4) is 0 Å². The number of aromatic nitrogens is 2. The second kappa shape index (κ2) is 5.84. The number of nitrogens with zero attached hydrogens (tertiary/aromatic N) is 2. The number of benzene rings is 1. The SMILES string of the molecule is CCn1ncc(OC)c1C(NC)c1ccc(F)cc1. The first-order valence-electron chi connectivity index (χ1n) is 6.23. The van der Waals surface area contributed by atoms with Crippen molar-refractivity contribution in [2.24, 2.45) is 0 Å². The molecular formula is C14H18FN3O. The van der Waals surface area contributed by atoms with Crippen LogP contribution in [0.5, 0.6) is 5.75 Å². The van der Waals surface area contributed by atoms with E-state index in [9.17, 15) is 4.39 Å². The molecule has 4 nitrogen and oxygen atoms in total. The first-order valence-corrected chi connectivity index (χ1v) is 6.23. The lowest BCUT2D eigenvalue weighted by Crippen LogP contribution is -2.22. The third-order valence-electron chi connectivity index (χ3n) is 3.13. The summed E-state index contributed by atoms with van der Waals surface area (Å²) in [5.41, 5.74) is 1.91. The Morgan fingerprint density at radius 2 is 2.05 bits per heavy atom. The van der Waals surface area contributed by atoms with Crippen molar-refractivity contribution in [1.29, 1.82) is 0 Å². The highest BCUT2D eigenvalue weighted by molar-refractivity contribution is 5.36. The van der Waals surface area contributed by atoms with E-state index in [1.54, 1.807) is 25.4 Å². The molecule has 2 rings (SSSR count). The van der Waals surface area contributed by atoms with Crippen LogP contribution in [0.15, 0.2) is 30.5 Å². The van der Waals surface area contributed by atoms with Gasteiger partial charge in [0.05, 0.1) is 19.3 Å². The van der Waals surface area contributed by atoms with E-state index >= 15 is 0 Å². The number of nitrogens with one attached hydrogen (secondary N) is 1. The molecule has 19 heavy (non-hydrogen) atoms. The summed E-state index contributed by atoms with van der Waals surface area (Å²) in [6.45, 7) is 2.77. The third-order valence-corrected chi connectivity index (χ3v) is 3.13. The second-order valence-corrected chi connectivity index (χ2v) is 4.19. The van der Waals surface area contributed by atoms with Crippen LogP contribution in [0.1, 0.15) is 24.2 Å². The number of hydrogen-bond acceptors (Lipinski definition) is 3.